The van der Waals surface area contributed by atoms with Crippen LogP contribution in [0.4, 0.5) is 0 Å². The van der Waals surface area contributed by atoms with E-state index in [1.54, 1.807) is 13.8 Å². The number of thiol groups is 1. The average molecular weight is 351 g/mol. The summed E-state index contributed by atoms with van der Waals surface area (Å²) in [7, 11) is 0. The first-order chi connectivity index (χ1) is 10.2. The van der Waals surface area contributed by atoms with Crippen LogP contribution in [0.3, 0.4) is 0 Å². The highest BCUT2D eigenvalue weighted by molar-refractivity contribution is 7.98. The number of hydrogen-bond donors (Lipinski definition) is 5. The van der Waals surface area contributed by atoms with E-state index in [1.807, 2.05) is 6.26 Å². The van der Waals surface area contributed by atoms with E-state index in [0.29, 0.717) is 12.2 Å². The summed E-state index contributed by atoms with van der Waals surface area (Å²) in [5.74, 6) is -1.56. The van der Waals surface area contributed by atoms with Crippen molar-refractivity contribution >= 4 is 42.2 Å². The molecule has 0 aromatic heterocycles. The number of carboxylic acid groups (broad SMARTS) is 1. The first-order valence-electron chi connectivity index (χ1n) is 6.93. The number of thioether (sulfide) groups is 1. The highest BCUT2D eigenvalue weighted by Crippen LogP contribution is 2.03. The molecule has 0 aliphatic carbocycles. The SMILES string of the molecule is CSCC[C@H](NC(=O)[C@H](CS)NC(=O)[C@@H](N)C(C)C)C(=O)O. The molecule has 0 heterocycles. The van der Waals surface area contributed by atoms with Gasteiger partial charge >= 0.3 is 5.97 Å². The second-order valence-corrected chi connectivity index (χ2v) is 6.55. The van der Waals surface area contributed by atoms with Gasteiger partial charge in [-0.25, -0.2) is 4.79 Å². The van der Waals surface area contributed by atoms with Gasteiger partial charge in [0.25, 0.3) is 0 Å². The van der Waals surface area contributed by atoms with Crippen LogP contribution in [0.15, 0.2) is 0 Å². The van der Waals surface area contributed by atoms with E-state index >= 15 is 0 Å². The summed E-state index contributed by atoms with van der Waals surface area (Å²) in [6.07, 6.45) is 2.16. The minimum atomic E-state index is -1.11. The van der Waals surface area contributed by atoms with Crippen molar-refractivity contribution in [2.24, 2.45) is 11.7 Å². The number of hydrogen-bond acceptors (Lipinski definition) is 6. The Kier molecular flexibility index (Phi) is 10.3. The van der Waals surface area contributed by atoms with Gasteiger partial charge in [-0.05, 0) is 24.3 Å². The highest BCUT2D eigenvalue weighted by Gasteiger charge is 2.27. The van der Waals surface area contributed by atoms with Gasteiger partial charge in [-0.2, -0.15) is 24.4 Å². The lowest BCUT2D eigenvalue weighted by Crippen LogP contribution is -2.56. The first-order valence-corrected chi connectivity index (χ1v) is 8.96. The van der Waals surface area contributed by atoms with Gasteiger partial charge in [0.05, 0.1) is 6.04 Å². The van der Waals surface area contributed by atoms with E-state index < -0.39 is 35.9 Å². The van der Waals surface area contributed by atoms with Gasteiger partial charge in [0.1, 0.15) is 12.1 Å². The molecule has 2 amide bonds. The zero-order valence-electron chi connectivity index (χ0n) is 13.0. The number of carbonyl (C=O) groups is 3. The summed E-state index contributed by atoms with van der Waals surface area (Å²) in [5.41, 5.74) is 5.71. The van der Waals surface area contributed by atoms with Crippen molar-refractivity contribution in [3.8, 4) is 0 Å². The van der Waals surface area contributed by atoms with Crippen LogP contribution >= 0.6 is 24.4 Å². The Hall–Kier alpha value is -0.930. The van der Waals surface area contributed by atoms with Crippen LogP contribution < -0.4 is 16.4 Å². The molecule has 0 fully saturated rings. The smallest absolute Gasteiger partial charge is 0.326 e. The van der Waals surface area contributed by atoms with Crippen LogP contribution in [0.5, 0.6) is 0 Å². The molecule has 0 aromatic carbocycles. The minimum Gasteiger partial charge on any atom is -0.480 e. The fraction of sp³-hybridized carbons (Fsp3) is 0.769. The molecule has 0 bridgehead atoms. The first kappa shape index (κ1) is 21.1. The lowest BCUT2D eigenvalue weighted by atomic mass is 10.0. The van der Waals surface area contributed by atoms with Gasteiger partial charge in [-0.1, -0.05) is 13.8 Å². The van der Waals surface area contributed by atoms with Crippen LogP contribution in [0, 0.1) is 5.92 Å². The van der Waals surface area contributed by atoms with Crippen molar-refractivity contribution in [2.75, 3.05) is 17.8 Å². The van der Waals surface area contributed by atoms with Crippen LogP contribution in [0.1, 0.15) is 20.3 Å². The maximum Gasteiger partial charge on any atom is 0.326 e. The van der Waals surface area contributed by atoms with Crippen molar-refractivity contribution in [1.29, 1.82) is 0 Å². The largest absolute Gasteiger partial charge is 0.480 e. The molecule has 0 aromatic rings. The van der Waals surface area contributed by atoms with Crippen molar-refractivity contribution in [3.05, 3.63) is 0 Å². The summed E-state index contributed by atoms with van der Waals surface area (Å²) in [6.45, 7) is 3.59. The predicted octanol–water partition coefficient (Wildman–Crippen LogP) is -0.293. The van der Waals surface area contributed by atoms with Gasteiger partial charge in [-0.15, -0.1) is 0 Å². The Morgan fingerprint density at radius 2 is 1.73 bits per heavy atom. The molecule has 0 saturated heterocycles. The second kappa shape index (κ2) is 10.7. The molecule has 0 spiro atoms. The fourth-order valence-electron chi connectivity index (χ4n) is 1.53. The van der Waals surface area contributed by atoms with Crippen molar-refractivity contribution < 1.29 is 19.5 Å². The maximum absolute atomic E-state index is 12.1. The zero-order chi connectivity index (χ0) is 17.3. The van der Waals surface area contributed by atoms with Crippen LogP contribution in [-0.2, 0) is 14.4 Å². The normalized spacial score (nSPS) is 15.0. The summed E-state index contributed by atoms with van der Waals surface area (Å²) in [5, 5.41) is 14.0. The van der Waals surface area contributed by atoms with Crippen LogP contribution in [-0.4, -0.2) is 58.8 Å². The Balaban J connectivity index is 4.69. The molecule has 0 rings (SSSR count). The monoisotopic (exact) mass is 351 g/mol. The third-order valence-corrected chi connectivity index (χ3v) is 4.07. The molecule has 0 saturated carbocycles. The Bertz CT molecular complexity index is 393. The summed E-state index contributed by atoms with van der Waals surface area (Å²) in [6, 6.07) is -2.64. The average Bonchev–Trinajstić information content (AvgIpc) is 2.46. The lowest BCUT2D eigenvalue weighted by Gasteiger charge is -2.22. The number of amides is 2. The second-order valence-electron chi connectivity index (χ2n) is 5.19. The fourth-order valence-corrected chi connectivity index (χ4v) is 2.26. The van der Waals surface area contributed by atoms with Gasteiger partial charge in [0.15, 0.2) is 0 Å². The number of carboxylic acids is 1. The maximum atomic E-state index is 12.1. The molecule has 7 nitrogen and oxygen atoms in total. The Labute approximate surface area is 140 Å². The van der Waals surface area contributed by atoms with E-state index in [2.05, 4.69) is 23.3 Å². The van der Waals surface area contributed by atoms with Gasteiger partial charge < -0.3 is 21.5 Å². The van der Waals surface area contributed by atoms with Crippen LogP contribution in [0.25, 0.3) is 0 Å². The molecule has 0 unspecified atom stereocenters. The number of carbonyl (C=O) groups excluding carboxylic acids is 2. The quantitative estimate of drug-likeness (QED) is 0.345. The highest BCUT2D eigenvalue weighted by atomic mass is 32.2. The third-order valence-electron chi connectivity index (χ3n) is 3.06. The zero-order valence-corrected chi connectivity index (χ0v) is 14.7. The lowest BCUT2D eigenvalue weighted by molar-refractivity contribution is -0.142. The molecule has 0 radical (unpaired) electrons. The van der Waals surface area contributed by atoms with Gasteiger partial charge in [-0.3, -0.25) is 9.59 Å². The van der Waals surface area contributed by atoms with Gasteiger partial charge in [0.2, 0.25) is 11.8 Å². The Morgan fingerprint density at radius 1 is 1.18 bits per heavy atom. The van der Waals surface area contributed by atoms with E-state index in [4.69, 9.17) is 10.8 Å². The number of nitrogens with one attached hydrogen (secondary N) is 2. The van der Waals surface area contributed by atoms with Crippen molar-refractivity contribution in [3.63, 3.8) is 0 Å². The van der Waals surface area contributed by atoms with Crippen molar-refractivity contribution in [2.45, 2.75) is 38.4 Å². The molecule has 128 valence electrons. The molecule has 22 heavy (non-hydrogen) atoms. The summed E-state index contributed by atoms with van der Waals surface area (Å²) in [4.78, 5) is 35.1. The standard InChI is InChI=1S/C13H25N3O4S2/c1-7(2)10(14)12(18)16-9(6-21)11(17)15-8(13(19)20)4-5-22-3/h7-10,21H,4-6,14H2,1-3H3,(H,15,17)(H,16,18)(H,19,20)/t8-,9-,10-/m0/s1. The van der Waals surface area contributed by atoms with E-state index in [-0.39, 0.29) is 11.7 Å². The molecule has 9 heteroatoms. The number of aliphatic carboxylic acids is 1. The predicted molar refractivity (Wildman–Crippen MR) is 91.2 cm³/mol. The van der Waals surface area contributed by atoms with E-state index in [0.717, 1.165) is 0 Å². The van der Waals surface area contributed by atoms with Gasteiger partial charge in [0, 0.05) is 5.75 Å². The number of rotatable bonds is 10. The molecule has 3 atom stereocenters. The Morgan fingerprint density at radius 3 is 2.14 bits per heavy atom. The molecular weight excluding hydrogens is 326 g/mol. The molecule has 0 aliphatic rings. The third kappa shape index (κ3) is 7.37. The summed E-state index contributed by atoms with van der Waals surface area (Å²) < 4.78 is 0. The van der Waals surface area contributed by atoms with Crippen molar-refractivity contribution in [1.82, 2.24) is 10.6 Å². The molecule has 5 N–H and O–H groups in total. The number of nitrogens with two attached hydrogens (primary N) is 1. The molecule has 0 aliphatic heterocycles. The van der Waals surface area contributed by atoms with E-state index in [9.17, 15) is 14.4 Å². The van der Waals surface area contributed by atoms with Crippen LogP contribution in [0.2, 0.25) is 0 Å². The molecular formula is C13H25N3O4S2. The topological polar surface area (TPSA) is 122 Å². The summed E-state index contributed by atoms with van der Waals surface area (Å²) >= 11 is 5.52. The van der Waals surface area contributed by atoms with E-state index in [1.165, 1.54) is 11.8 Å². The minimum absolute atomic E-state index is 0.0528.